The van der Waals surface area contributed by atoms with E-state index >= 15 is 0 Å². The first kappa shape index (κ1) is 11.7. The number of hydrogen-bond donors (Lipinski definition) is 1. The fraction of sp³-hybridized carbons (Fsp3) is 0.600. The fourth-order valence-corrected chi connectivity index (χ4v) is 3.10. The first-order valence-electron chi connectivity index (χ1n) is 6.31. The molecule has 0 spiro atoms. The highest BCUT2D eigenvalue weighted by atomic mass is 14.8. The molecule has 1 heteroatoms. The van der Waals surface area contributed by atoms with Gasteiger partial charge in [0.2, 0.25) is 0 Å². The zero-order valence-corrected chi connectivity index (χ0v) is 10.9. The molecule has 2 N–H and O–H groups in total. The first-order valence-corrected chi connectivity index (χ1v) is 6.31. The van der Waals surface area contributed by atoms with E-state index in [2.05, 4.69) is 45.9 Å². The van der Waals surface area contributed by atoms with Crippen molar-refractivity contribution in [1.29, 1.82) is 0 Å². The van der Waals surface area contributed by atoms with Gasteiger partial charge in [-0.2, -0.15) is 0 Å². The molecule has 2 rings (SSSR count). The van der Waals surface area contributed by atoms with Crippen LogP contribution in [0.25, 0.3) is 0 Å². The summed E-state index contributed by atoms with van der Waals surface area (Å²) in [6, 6.07) is 7.19. The van der Waals surface area contributed by atoms with Crippen LogP contribution in [0.4, 0.5) is 0 Å². The Kier molecular flexibility index (Phi) is 2.83. The first-order chi connectivity index (χ1) is 7.49. The van der Waals surface area contributed by atoms with Crippen LogP contribution in [0.1, 0.15) is 49.3 Å². The van der Waals surface area contributed by atoms with Crippen LogP contribution in [-0.2, 0) is 0 Å². The van der Waals surface area contributed by atoms with Gasteiger partial charge in [0.15, 0.2) is 0 Å². The van der Waals surface area contributed by atoms with Gasteiger partial charge in [0, 0.05) is 6.04 Å². The van der Waals surface area contributed by atoms with E-state index in [4.69, 9.17) is 5.73 Å². The molecule has 0 saturated heterocycles. The molecule has 3 unspecified atom stereocenters. The summed E-state index contributed by atoms with van der Waals surface area (Å²) in [5.74, 6) is 0.660. The van der Waals surface area contributed by atoms with Crippen molar-refractivity contribution in [2.45, 2.75) is 52.5 Å². The quantitative estimate of drug-likeness (QED) is 0.805. The number of rotatable bonds is 2. The number of aryl methyl sites for hydroxylation is 2. The predicted molar refractivity (Wildman–Crippen MR) is 69.6 cm³/mol. The average Bonchev–Trinajstić information content (AvgIpc) is 2.26. The van der Waals surface area contributed by atoms with Crippen molar-refractivity contribution in [3.63, 3.8) is 0 Å². The molecule has 1 fully saturated rings. The Morgan fingerprint density at radius 1 is 1.38 bits per heavy atom. The van der Waals surface area contributed by atoms with Crippen LogP contribution in [0, 0.1) is 19.3 Å². The molecule has 3 atom stereocenters. The zero-order chi connectivity index (χ0) is 11.9. The summed E-state index contributed by atoms with van der Waals surface area (Å²) in [6.45, 7) is 8.98. The fourth-order valence-electron chi connectivity index (χ4n) is 3.10. The average molecular weight is 217 g/mol. The molecular formula is C15H23N. The second-order valence-corrected chi connectivity index (χ2v) is 5.61. The lowest BCUT2D eigenvalue weighted by molar-refractivity contribution is 0.0702. The van der Waals surface area contributed by atoms with E-state index in [0.29, 0.717) is 17.4 Å². The Morgan fingerprint density at radius 2 is 2.06 bits per heavy atom. The third-order valence-corrected chi connectivity index (χ3v) is 4.70. The van der Waals surface area contributed by atoms with E-state index in [9.17, 15) is 0 Å². The summed E-state index contributed by atoms with van der Waals surface area (Å²) in [4.78, 5) is 0. The highest BCUT2D eigenvalue weighted by molar-refractivity contribution is 5.37. The molecule has 0 amide bonds. The van der Waals surface area contributed by atoms with Crippen LogP contribution >= 0.6 is 0 Å². The third-order valence-electron chi connectivity index (χ3n) is 4.70. The van der Waals surface area contributed by atoms with Crippen molar-refractivity contribution in [3.05, 3.63) is 34.9 Å². The van der Waals surface area contributed by atoms with Crippen LogP contribution in [0.3, 0.4) is 0 Å². The Labute approximate surface area is 99.0 Å². The smallest absolute Gasteiger partial charge is 0.0105 e. The van der Waals surface area contributed by atoms with Crippen molar-refractivity contribution >= 4 is 0 Å². The molecule has 1 nitrogen and oxygen atoms in total. The van der Waals surface area contributed by atoms with Crippen molar-refractivity contribution < 1.29 is 0 Å². The normalized spacial score (nSPS) is 33.6. The maximum Gasteiger partial charge on any atom is 0.0105 e. The SMILES string of the molecule is CCC1(C)C(N)CC1c1ccc(C)cc1C. The molecule has 1 aromatic carbocycles. The lowest BCUT2D eigenvalue weighted by Crippen LogP contribution is -2.54. The Hall–Kier alpha value is -0.820. The summed E-state index contributed by atoms with van der Waals surface area (Å²) in [7, 11) is 0. The van der Waals surface area contributed by atoms with E-state index in [0.717, 1.165) is 6.42 Å². The van der Waals surface area contributed by atoms with Gasteiger partial charge in [-0.1, -0.05) is 37.6 Å². The van der Waals surface area contributed by atoms with Crippen molar-refractivity contribution in [2.24, 2.45) is 11.1 Å². The molecule has 0 aliphatic heterocycles. The van der Waals surface area contributed by atoms with Gasteiger partial charge in [0.1, 0.15) is 0 Å². The summed E-state index contributed by atoms with van der Waals surface area (Å²) >= 11 is 0. The van der Waals surface area contributed by atoms with Crippen molar-refractivity contribution in [1.82, 2.24) is 0 Å². The van der Waals surface area contributed by atoms with Gasteiger partial charge in [0.05, 0.1) is 0 Å². The topological polar surface area (TPSA) is 26.0 Å². The molecule has 88 valence electrons. The van der Waals surface area contributed by atoms with Crippen LogP contribution in [0.15, 0.2) is 18.2 Å². The minimum absolute atomic E-state index is 0.306. The van der Waals surface area contributed by atoms with E-state index in [1.54, 1.807) is 0 Å². The third kappa shape index (κ3) is 1.58. The molecule has 0 aromatic heterocycles. The molecule has 0 bridgehead atoms. The molecule has 0 heterocycles. The Balaban J connectivity index is 2.33. The molecule has 0 radical (unpaired) electrons. The van der Waals surface area contributed by atoms with Gasteiger partial charge < -0.3 is 5.73 Å². The van der Waals surface area contributed by atoms with Gasteiger partial charge in [-0.15, -0.1) is 0 Å². The van der Waals surface area contributed by atoms with Crippen LogP contribution < -0.4 is 5.73 Å². The molecule has 16 heavy (non-hydrogen) atoms. The van der Waals surface area contributed by atoms with Gasteiger partial charge in [0.25, 0.3) is 0 Å². The Morgan fingerprint density at radius 3 is 2.56 bits per heavy atom. The van der Waals surface area contributed by atoms with Gasteiger partial charge in [-0.3, -0.25) is 0 Å². The lowest BCUT2D eigenvalue weighted by Gasteiger charge is -2.53. The Bertz CT molecular complexity index is 396. The lowest BCUT2D eigenvalue weighted by atomic mass is 9.54. The van der Waals surface area contributed by atoms with Crippen LogP contribution in [0.2, 0.25) is 0 Å². The predicted octanol–water partition coefficient (Wildman–Crippen LogP) is 3.53. The summed E-state index contributed by atoms with van der Waals surface area (Å²) in [5.41, 5.74) is 10.8. The number of benzene rings is 1. The number of nitrogens with two attached hydrogens (primary N) is 1. The summed E-state index contributed by atoms with van der Waals surface area (Å²) in [6.07, 6.45) is 2.32. The van der Waals surface area contributed by atoms with E-state index in [1.165, 1.54) is 23.1 Å². The van der Waals surface area contributed by atoms with E-state index in [-0.39, 0.29) is 0 Å². The zero-order valence-electron chi connectivity index (χ0n) is 10.9. The van der Waals surface area contributed by atoms with Crippen LogP contribution in [0.5, 0.6) is 0 Å². The largest absolute Gasteiger partial charge is 0.327 e. The van der Waals surface area contributed by atoms with Gasteiger partial charge >= 0.3 is 0 Å². The second-order valence-electron chi connectivity index (χ2n) is 5.61. The molecule has 1 aliphatic carbocycles. The molecule has 1 saturated carbocycles. The molecular weight excluding hydrogens is 194 g/mol. The summed E-state index contributed by atoms with van der Waals surface area (Å²) in [5, 5.41) is 0. The minimum atomic E-state index is 0.306. The van der Waals surface area contributed by atoms with Crippen molar-refractivity contribution in [2.75, 3.05) is 0 Å². The van der Waals surface area contributed by atoms with E-state index < -0.39 is 0 Å². The van der Waals surface area contributed by atoms with Gasteiger partial charge in [-0.05, 0) is 49.1 Å². The van der Waals surface area contributed by atoms with Crippen molar-refractivity contribution in [3.8, 4) is 0 Å². The maximum absolute atomic E-state index is 6.18. The standard InChI is InChI=1S/C15H23N/c1-5-15(4)13(9-14(15)16)12-7-6-10(2)8-11(12)3/h6-8,13-14H,5,9,16H2,1-4H3. The highest BCUT2D eigenvalue weighted by Gasteiger charge is 2.49. The number of hydrogen-bond acceptors (Lipinski definition) is 1. The minimum Gasteiger partial charge on any atom is -0.327 e. The van der Waals surface area contributed by atoms with Gasteiger partial charge in [-0.25, -0.2) is 0 Å². The molecule has 1 aromatic rings. The maximum atomic E-state index is 6.18. The monoisotopic (exact) mass is 217 g/mol. The second kappa shape index (κ2) is 3.89. The van der Waals surface area contributed by atoms with Crippen LogP contribution in [-0.4, -0.2) is 6.04 Å². The summed E-state index contributed by atoms with van der Waals surface area (Å²) < 4.78 is 0. The molecule has 1 aliphatic rings. The highest BCUT2D eigenvalue weighted by Crippen LogP contribution is 2.54. The van der Waals surface area contributed by atoms with E-state index in [1.807, 2.05) is 0 Å².